The van der Waals surface area contributed by atoms with Gasteiger partial charge in [0.2, 0.25) is 5.91 Å². The molecular formula is C16H16F3N3O3S. The number of nitrogens with zero attached hydrogens (tertiary/aromatic N) is 1. The molecule has 0 saturated heterocycles. The van der Waals surface area contributed by atoms with E-state index in [1.165, 1.54) is 0 Å². The smallest absolute Gasteiger partial charge is 0.378 e. The summed E-state index contributed by atoms with van der Waals surface area (Å²) in [5.41, 5.74) is -0.709. The predicted octanol–water partition coefficient (Wildman–Crippen LogP) is 3.84. The minimum Gasteiger partial charge on any atom is -0.378 e. The number of carbonyl (C=O) groups excluding carboxylic acids is 1. The number of alkyl halides is 3. The van der Waals surface area contributed by atoms with Gasteiger partial charge in [-0.25, -0.2) is 0 Å². The highest BCUT2D eigenvalue weighted by molar-refractivity contribution is 7.07. The standard InChI is InChI=1S/C16H16F3N3O3S/c17-16(18,19)12-2-3-13(14(9-12)22(24)25)20-6-7-21-15(23)4-1-11-5-8-26-10-11/h2-3,5,8-10,20H,1,4,6-7H2,(H,21,23). The molecule has 0 spiro atoms. The summed E-state index contributed by atoms with van der Waals surface area (Å²) in [6, 6.07) is 4.21. The number of amides is 1. The Kier molecular flexibility index (Phi) is 6.56. The zero-order valence-electron chi connectivity index (χ0n) is 13.5. The number of rotatable bonds is 8. The molecule has 2 rings (SSSR count). The van der Waals surface area contributed by atoms with E-state index in [4.69, 9.17) is 0 Å². The Balaban J connectivity index is 1.83. The van der Waals surface area contributed by atoms with Crippen molar-refractivity contribution in [1.29, 1.82) is 0 Å². The molecular weight excluding hydrogens is 371 g/mol. The average Bonchev–Trinajstić information content (AvgIpc) is 3.09. The van der Waals surface area contributed by atoms with Crippen LogP contribution in [0.25, 0.3) is 0 Å². The maximum Gasteiger partial charge on any atom is 0.416 e. The van der Waals surface area contributed by atoms with Gasteiger partial charge in [0.1, 0.15) is 5.69 Å². The highest BCUT2D eigenvalue weighted by Crippen LogP contribution is 2.34. The minimum absolute atomic E-state index is 0.0319. The molecule has 1 aromatic heterocycles. The third-order valence-corrected chi connectivity index (χ3v) is 4.24. The van der Waals surface area contributed by atoms with Gasteiger partial charge in [-0.1, -0.05) is 0 Å². The summed E-state index contributed by atoms with van der Waals surface area (Å²) >= 11 is 1.55. The van der Waals surface area contributed by atoms with E-state index >= 15 is 0 Å². The molecule has 1 amide bonds. The van der Waals surface area contributed by atoms with E-state index in [1.807, 2.05) is 16.8 Å². The number of nitro benzene ring substituents is 1. The summed E-state index contributed by atoms with van der Waals surface area (Å²) in [5.74, 6) is -0.167. The van der Waals surface area contributed by atoms with Gasteiger partial charge in [-0.15, -0.1) is 0 Å². The Bertz CT molecular complexity index is 764. The van der Waals surface area contributed by atoms with Crippen LogP contribution >= 0.6 is 11.3 Å². The third-order valence-electron chi connectivity index (χ3n) is 3.51. The normalized spacial score (nSPS) is 11.2. The number of aryl methyl sites for hydroxylation is 1. The Morgan fingerprint density at radius 2 is 2.00 bits per heavy atom. The molecule has 26 heavy (non-hydrogen) atoms. The SMILES string of the molecule is O=C(CCc1ccsc1)NCCNc1ccc(C(F)(F)F)cc1[N+](=O)[O-]. The molecule has 0 aliphatic carbocycles. The molecule has 2 N–H and O–H groups in total. The Labute approximate surface area is 151 Å². The first-order chi connectivity index (χ1) is 12.3. The molecule has 6 nitrogen and oxygen atoms in total. The highest BCUT2D eigenvalue weighted by Gasteiger charge is 2.32. The second-order valence-corrected chi connectivity index (χ2v) is 6.18. The van der Waals surface area contributed by atoms with Gasteiger partial charge >= 0.3 is 6.18 Å². The van der Waals surface area contributed by atoms with E-state index in [1.54, 1.807) is 11.3 Å². The quantitative estimate of drug-likeness (QED) is 0.410. The molecule has 0 radical (unpaired) electrons. The van der Waals surface area contributed by atoms with Gasteiger partial charge in [0.25, 0.3) is 5.69 Å². The number of anilines is 1. The van der Waals surface area contributed by atoms with E-state index < -0.39 is 22.4 Å². The molecule has 140 valence electrons. The summed E-state index contributed by atoms with van der Waals surface area (Å²) < 4.78 is 37.9. The fourth-order valence-corrected chi connectivity index (χ4v) is 2.89. The second-order valence-electron chi connectivity index (χ2n) is 5.40. The number of carbonyl (C=O) groups is 1. The first-order valence-electron chi connectivity index (χ1n) is 7.64. The van der Waals surface area contributed by atoms with Crippen LogP contribution < -0.4 is 10.6 Å². The van der Waals surface area contributed by atoms with Crippen LogP contribution in [0.15, 0.2) is 35.0 Å². The average molecular weight is 387 g/mol. The van der Waals surface area contributed by atoms with Crippen molar-refractivity contribution in [3.8, 4) is 0 Å². The molecule has 0 bridgehead atoms. The number of halogens is 3. The van der Waals surface area contributed by atoms with Crippen molar-refractivity contribution in [2.75, 3.05) is 18.4 Å². The molecule has 0 saturated carbocycles. The number of hydrogen-bond acceptors (Lipinski definition) is 5. The van der Waals surface area contributed by atoms with E-state index in [-0.39, 0.29) is 24.7 Å². The summed E-state index contributed by atoms with van der Waals surface area (Å²) in [4.78, 5) is 21.8. The fourth-order valence-electron chi connectivity index (χ4n) is 2.19. The van der Waals surface area contributed by atoms with Gasteiger partial charge in [-0.05, 0) is 40.9 Å². The topological polar surface area (TPSA) is 84.3 Å². The van der Waals surface area contributed by atoms with E-state index in [9.17, 15) is 28.1 Å². The van der Waals surface area contributed by atoms with E-state index in [0.717, 1.165) is 17.7 Å². The van der Waals surface area contributed by atoms with Crippen LogP contribution in [0.2, 0.25) is 0 Å². The van der Waals surface area contributed by atoms with Gasteiger partial charge in [0.05, 0.1) is 10.5 Å². The van der Waals surface area contributed by atoms with Crippen molar-refractivity contribution in [3.05, 3.63) is 56.3 Å². The summed E-state index contributed by atoms with van der Waals surface area (Å²) in [7, 11) is 0. The van der Waals surface area contributed by atoms with E-state index in [2.05, 4.69) is 10.6 Å². The van der Waals surface area contributed by atoms with Crippen molar-refractivity contribution in [3.63, 3.8) is 0 Å². The van der Waals surface area contributed by atoms with Gasteiger partial charge in [0, 0.05) is 25.6 Å². The lowest BCUT2D eigenvalue weighted by atomic mass is 10.1. The molecule has 10 heteroatoms. The van der Waals surface area contributed by atoms with Crippen molar-refractivity contribution >= 4 is 28.6 Å². The molecule has 1 aromatic carbocycles. The molecule has 0 unspecified atom stereocenters. The predicted molar refractivity (Wildman–Crippen MR) is 92.2 cm³/mol. The zero-order valence-corrected chi connectivity index (χ0v) is 14.3. The lowest BCUT2D eigenvalue weighted by molar-refractivity contribution is -0.384. The number of nitro groups is 1. The van der Waals surface area contributed by atoms with Gasteiger partial charge in [-0.3, -0.25) is 14.9 Å². The van der Waals surface area contributed by atoms with Gasteiger partial charge < -0.3 is 10.6 Å². The molecule has 0 aliphatic rings. The van der Waals surface area contributed by atoms with Gasteiger partial charge in [-0.2, -0.15) is 24.5 Å². The first-order valence-corrected chi connectivity index (χ1v) is 8.59. The fraction of sp³-hybridized carbons (Fsp3) is 0.312. The number of benzene rings is 1. The third kappa shape index (κ3) is 5.73. The Morgan fingerprint density at radius 3 is 2.62 bits per heavy atom. The van der Waals surface area contributed by atoms with Crippen LogP contribution in [0.1, 0.15) is 17.5 Å². The van der Waals surface area contributed by atoms with Crippen LogP contribution in [-0.2, 0) is 17.4 Å². The molecule has 0 fully saturated rings. The maximum atomic E-state index is 12.6. The Hall–Kier alpha value is -2.62. The van der Waals surface area contributed by atoms with Crippen molar-refractivity contribution in [1.82, 2.24) is 5.32 Å². The monoisotopic (exact) mass is 387 g/mol. The number of nitrogens with one attached hydrogen (secondary N) is 2. The Morgan fingerprint density at radius 1 is 1.23 bits per heavy atom. The maximum absolute atomic E-state index is 12.6. The van der Waals surface area contributed by atoms with Crippen LogP contribution in [0.3, 0.4) is 0 Å². The van der Waals surface area contributed by atoms with Crippen LogP contribution in [0.4, 0.5) is 24.5 Å². The van der Waals surface area contributed by atoms with Crippen molar-refractivity contribution in [2.45, 2.75) is 19.0 Å². The molecule has 2 aromatic rings. The molecule has 0 aliphatic heterocycles. The summed E-state index contributed by atoms with van der Waals surface area (Å²) in [6.07, 6.45) is -3.72. The van der Waals surface area contributed by atoms with Crippen LogP contribution in [0.5, 0.6) is 0 Å². The minimum atomic E-state index is -4.65. The zero-order chi connectivity index (χ0) is 19.2. The van der Waals surface area contributed by atoms with Crippen molar-refractivity contribution < 1.29 is 22.9 Å². The highest BCUT2D eigenvalue weighted by atomic mass is 32.1. The summed E-state index contributed by atoms with van der Waals surface area (Å²) in [5, 5.41) is 20.2. The van der Waals surface area contributed by atoms with Gasteiger partial charge in [0.15, 0.2) is 0 Å². The first kappa shape index (κ1) is 19.7. The lowest BCUT2D eigenvalue weighted by Crippen LogP contribution is -2.29. The van der Waals surface area contributed by atoms with Crippen LogP contribution in [-0.4, -0.2) is 23.9 Å². The van der Waals surface area contributed by atoms with Crippen molar-refractivity contribution in [2.24, 2.45) is 0 Å². The largest absolute Gasteiger partial charge is 0.416 e. The number of thiophene rings is 1. The summed E-state index contributed by atoms with van der Waals surface area (Å²) in [6.45, 7) is 0.344. The lowest BCUT2D eigenvalue weighted by Gasteiger charge is -2.11. The molecule has 1 heterocycles. The number of hydrogen-bond donors (Lipinski definition) is 2. The van der Waals surface area contributed by atoms with Crippen LogP contribution in [0, 0.1) is 10.1 Å². The molecule has 0 atom stereocenters. The second kappa shape index (κ2) is 8.65. The van der Waals surface area contributed by atoms with E-state index in [0.29, 0.717) is 18.9 Å².